The summed E-state index contributed by atoms with van der Waals surface area (Å²) < 4.78 is 49.3. The highest BCUT2D eigenvalue weighted by molar-refractivity contribution is 5.85. The zero-order valence-electron chi connectivity index (χ0n) is 8.34. The summed E-state index contributed by atoms with van der Waals surface area (Å²) in [6.07, 6.45) is -2.96. The maximum Gasteiger partial charge on any atom is 0.383 e. The van der Waals surface area contributed by atoms with Gasteiger partial charge in [0.05, 0.1) is 0 Å². The van der Waals surface area contributed by atoms with Crippen molar-refractivity contribution in [2.24, 2.45) is 5.73 Å². The third kappa shape index (κ3) is 2.76. The number of carbonyl (C=O) groups excluding carboxylic acids is 1. The van der Waals surface area contributed by atoms with Crippen LogP contribution in [0.1, 0.15) is 12.8 Å². The first-order valence-corrected chi connectivity index (χ1v) is 4.58. The van der Waals surface area contributed by atoms with Gasteiger partial charge in [-0.15, -0.1) is 12.4 Å². The summed E-state index contributed by atoms with van der Waals surface area (Å²) >= 11 is 0. The highest BCUT2D eigenvalue weighted by Gasteiger charge is 2.52. The van der Waals surface area contributed by atoms with E-state index in [1.54, 1.807) is 0 Å². The molecule has 0 aromatic heterocycles. The first kappa shape index (κ1) is 15.4. The standard InChI is InChI=1S/C8H12F4N2O.ClH/c9-6(10)8(11,12)7(15)14-3-1-2-5(14)4-13;/h5-6H,1-4,13H2;1H. The molecule has 0 aromatic rings. The van der Waals surface area contributed by atoms with Gasteiger partial charge >= 0.3 is 12.3 Å². The molecular weight excluding hydrogens is 252 g/mol. The van der Waals surface area contributed by atoms with Crippen molar-refractivity contribution < 1.29 is 22.4 Å². The van der Waals surface area contributed by atoms with Gasteiger partial charge in [0.15, 0.2) is 0 Å². The third-order valence-corrected chi connectivity index (χ3v) is 2.47. The molecule has 0 saturated carbocycles. The topological polar surface area (TPSA) is 46.3 Å². The number of rotatable bonds is 3. The van der Waals surface area contributed by atoms with Gasteiger partial charge in [0.25, 0.3) is 5.91 Å². The number of halogens is 5. The van der Waals surface area contributed by atoms with Crippen LogP contribution in [0.5, 0.6) is 0 Å². The molecule has 3 nitrogen and oxygen atoms in total. The zero-order chi connectivity index (χ0) is 11.6. The second-order valence-electron chi connectivity index (χ2n) is 3.45. The van der Waals surface area contributed by atoms with Gasteiger partial charge in [-0.3, -0.25) is 4.79 Å². The molecule has 1 unspecified atom stereocenters. The van der Waals surface area contributed by atoms with E-state index in [0.717, 1.165) is 4.90 Å². The highest BCUT2D eigenvalue weighted by Crippen LogP contribution is 2.29. The molecule has 0 radical (unpaired) electrons. The van der Waals surface area contributed by atoms with E-state index in [2.05, 4.69) is 0 Å². The van der Waals surface area contributed by atoms with Crippen LogP contribution in [0, 0.1) is 0 Å². The van der Waals surface area contributed by atoms with E-state index in [-0.39, 0.29) is 25.5 Å². The fourth-order valence-electron chi connectivity index (χ4n) is 1.63. The van der Waals surface area contributed by atoms with Gasteiger partial charge in [-0.1, -0.05) is 0 Å². The molecule has 1 saturated heterocycles. The quantitative estimate of drug-likeness (QED) is 0.780. The molecule has 1 fully saturated rings. The summed E-state index contributed by atoms with van der Waals surface area (Å²) in [5.74, 6) is -6.41. The van der Waals surface area contributed by atoms with Crippen LogP contribution in [0.2, 0.25) is 0 Å². The van der Waals surface area contributed by atoms with Gasteiger partial charge in [0, 0.05) is 19.1 Å². The van der Waals surface area contributed by atoms with Crippen LogP contribution >= 0.6 is 12.4 Å². The molecule has 96 valence electrons. The molecule has 2 N–H and O–H groups in total. The lowest BCUT2D eigenvalue weighted by Crippen LogP contribution is -2.51. The maximum atomic E-state index is 12.7. The predicted molar refractivity (Wildman–Crippen MR) is 52.0 cm³/mol. The van der Waals surface area contributed by atoms with Crippen molar-refractivity contribution in [1.29, 1.82) is 0 Å². The van der Waals surface area contributed by atoms with Crippen molar-refractivity contribution >= 4 is 18.3 Å². The van der Waals surface area contributed by atoms with Gasteiger partial charge < -0.3 is 10.6 Å². The van der Waals surface area contributed by atoms with E-state index in [1.165, 1.54) is 0 Å². The minimum absolute atomic E-state index is 0. The van der Waals surface area contributed by atoms with Crippen molar-refractivity contribution in [2.45, 2.75) is 31.2 Å². The van der Waals surface area contributed by atoms with Crippen molar-refractivity contribution in [2.75, 3.05) is 13.1 Å². The van der Waals surface area contributed by atoms with Crippen LogP contribution in [0.15, 0.2) is 0 Å². The van der Waals surface area contributed by atoms with E-state index >= 15 is 0 Å². The van der Waals surface area contributed by atoms with Crippen LogP contribution < -0.4 is 5.73 Å². The molecule has 0 aliphatic carbocycles. The molecule has 16 heavy (non-hydrogen) atoms. The second-order valence-corrected chi connectivity index (χ2v) is 3.45. The van der Waals surface area contributed by atoms with Crippen LogP contribution in [0.4, 0.5) is 17.6 Å². The lowest BCUT2D eigenvalue weighted by molar-refractivity contribution is -0.181. The Morgan fingerprint density at radius 1 is 1.50 bits per heavy atom. The Hall–Kier alpha value is -0.560. The summed E-state index contributed by atoms with van der Waals surface area (Å²) in [4.78, 5) is 11.9. The molecule has 1 heterocycles. The Morgan fingerprint density at radius 3 is 2.50 bits per heavy atom. The first-order valence-electron chi connectivity index (χ1n) is 4.58. The molecule has 1 amide bonds. The summed E-state index contributed by atoms with van der Waals surface area (Å²) in [6.45, 7) is 0.0913. The van der Waals surface area contributed by atoms with Gasteiger partial charge in [-0.2, -0.15) is 8.78 Å². The minimum atomic E-state index is -4.60. The molecule has 1 aliphatic heterocycles. The monoisotopic (exact) mass is 264 g/mol. The van der Waals surface area contributed by atoms with E-state index in [0.29, 0.717) is 12.8 Å². The Kier molecular flexibility index (Phi) is 5.48. The largest absolute Gasteiger partial charge is 0.383 e. The number of hydrogen-bond acceptors (Lipinski definition) is 2. The minimum Gasteiger partial charge on any atom is -0.333 e. The van der Waals surface area contributed by atoms with E-state index in [4.69, 9.17) is 5.73 Å². The lowest BCUT2D eigenvalue weighted by atomic mass is 10.2. The smallest absolute Gasteiger partial charge is 0.333 e. The third-order valence-electron chi connectivity index (χ3n) is 2.47. The number of nitrogens with two attached hydrogens (primary N) is 1. The summed E-state index contributed by atoms with van der Waals surface area (Å²) in [7, 11) is 0. The van der Waals surface area contributed by atoms with Gasteiger partial charge in [-0.05, 0) is 12.8 Å². The Bertz CT molecular complexity index is 252. The van der Waals surface area contributed by atoms with Crippen molar-refractivity contribution in [3.63, 3.8) is 0 Å². The maximum absolute atomic E-state index is 12.7. The number of nitrogens with zero attached hydrogens (tertiary/aromatic N) is 1. The van der Waals surface area contributed by atoms with Gasteiger partial charge in [0.2, 0.25) is 0 Å². The van der Waals surface area contributed by atoms with Crippen LogP contribution in [0.3, 0.4) is 0 Å². The Labute approximate surface area is 96.4 Å². The highest BCUT2D eigenvalue weighted by atomic mass is 35.5. The number of carbonyl (C=O) groups is 1. The normalized spacial score (nSPS) is 21.1. The molecule has 8 heteroatoms. The second kappa shape index (κ2) is 5.67. The predicted octanol–water partition coefficient (Wildman–Crippen LogP) is 1.26. The van der Waals surface area contributed by atoms with Crippen LogP contribution in [-0.2, 0) is 4.79 Å². The fourth-order valence-corrected chi connectivity index (χ4v) is 1.63. The number of alkyl halides is 4. The van der Waals surface area contributed by atoms with Crippen LogP contribution in [-0.4, -0.2) is 42.3 Å². The van der Waals surface area contributed by atoms with Crippen molar-refractivity contribution in [3.8, 4) is 0 Å². The lowest BCUT2D eigenvalue weighted by Gasteiger charge is -2.27. The molecule has 1 atom stereocenters. The van der Waals surface area contributed by atoms with Crippen molar-refractivity contribution in [3.05, 3.63) is 0 Å². The summed E-state index contributed by atoms with van der Waals surface area (Å²) in [6, 6.07) is -0.540. The molecule has 0 spiro atoms. The average Bonchev–Trinajstić information content (AvgIpc) is 2.63. The first-order chi connectivity index (χ1) is 6.91. The van der Waals surface area contributed by atoms with E-state index in [9.17, 15) is 22.4 Å². The fraction of sp³-hybridized carbons (Fsp3) is 0.875. The molecular formula is C8H13ClF4N2O. The molecule has 1 rings (SSSR count). The number of amides is 1. The summed E-state index contributed by atoms with van der Waals surface area (Å²) in [5, 5.41) is 0. The zero-order valence-corrected chi connectivity index (χ0v) is 9.15. The van der Waals surface area contributed by atoms with Gasteiger partial charge in [0.1, 0.15) is 0 Å². The Morgan fingerprint density at radius 2 is 2.06 bits per heavy atom. The number of hydrogen-bond donors (Lipinski definition) is 1. The average molecular weight is 265 g/mol. The van der Waals surface area contributed by atoms with Crippen molar-refractivity contribution in [1.82, 2.24) is 4.90 Å². The molecule has 0 bridgehead atoms. The van der Waals surface area contributed by atoms with Gasteiger partial charge in [-0.25, -0.2) is 8.78 Å². The molecule has 1 aliphatic rings. The summed E-state index contributed by atoms with van der Waals surface area (Å²) in [5.41, 5.74) is 5.26. The van der Waals surface area contributed by atoms with E-state index in [1.807, 2.05) is 0 Å². The van der Waals surface area contributed by atoms with Crippen LogP contribution in [0.25, 0.3) is 0 Å². The SMILES string of the molecule is Cl.NCC1CCCN1C(=O)C(F)(F)C(F)F. The van der Waals surface area contributed by atoms with E-state index < -0.39 is 24.3 Å². The number of likely N-dealkylation sites (tertiary alicyclic amines) is 1. The Balaban J connectivity index is 0.00000225. The molecule has 0 aromatic carbocycles.